The quantitative estimate of drug-likeness (QED) is 0.781. The monoisotopic (exact) mass is 226 g/mol. The summed E-state index contributed by atoms with van der Waals surface area (Å²) in [5.74, 6) is 1.72. The number of hydrogen-bond acceptors (Lipinski definition) is 2. The summed E-state index contributed by atoms with van der Waals surface area (Å²) in [4.78, 5) is 2.49. The summed E-state index contributed by atoms with van der Waals surface area (Å²) in [7, 11) is 2.24. The fraction of sp³-hybridized carbons (Fsp3) is 1.00. The van der Waals surface area contributed by atoms with E-state index < -0.39 is 0 Å². The van der Waals surface area contributed by atoms with Gasteiger partial charge in [-0.3, -0.25) is 4.90 Å². The predicted molar refractivity (Wildman–Crippen MR) is 71.5 cm³/mol. The van der Waals surface area contributed by atoms with Gasteiger partial charge >= 0.3 is 0 Å². The van der Waals surface area contributed by atoms with Crippen LogP contribution in [0.3, 0.4) is 0 Å². The zero-order valence-electron chi connectivity index (χ0n) is 11.6. The first-order chi connectivity index (χ1) is 7.54. The Labute approximate surface area is 102 Å². The lowest BCUT2D eigenvalue weighted by atomic mass is 9.72. The maximum atomic E-state index is 6.07. The summed E-state index contributed by atoms with van der Waals surface area (Å²) in [5, 5.41) is 0. The van der Waals surface area contributed by atoms with Crippen molar-refractivity contribution in [2.45, 2.75) is 58.4 Å². The molecule has 1 aliphatic rings. The van der Waals surface area contributed by atoms with Crippen LogP contribution in [0.25, 0.3) is 0 Å². The molecule has 0 saturated heterocycles. The van der Waals surface area contributed by atoms with Gasteiger partial charge in [0.15, 0.2) is 0 Å². The van der Waals surface area contributed by atoms with Gasteiger partial charge in [-0.25, -0.2) is 0 Å². The number of hydrogen-bond donors (Lipinski definition) is 1. The number of rotatable bonds is 5. The molecule has 0 heterocycles. The van der Waals surface area contributed by atoms with Gasteiger partial charge < -0.3 is 5.73 Å². The summed E-state index contributed by atoms with van der Waals surface area (Å²) in [6.45, 7) is 8.85. The van der Waals surface area contributed by atoms with Gasteiger partial charge in [0.2, 0.25) is 0 Å². The van der Waals surface area contributed by atoms with Crippen LogP contribution in [0.4, 0.5) is 0 Å². The molecular weight excluding hydrogens is 196 g/mol. The fourth-order valence-electron chi connectivity index (χ4n) is 3.35. The highest BCUT2D eigenvalue weighted by Gasteiger charge is 2.37. The lowest BCUT2D eigenvalue weighted by Crippen LogP contribution is -2.54. The van der Waals surface area contributed by atoms with Gasteiger partial charge in [0.1, 0.15) is 0 Å². The summed E-state index contributed by atoms with van der Waals surface area (Å²) < 4.78 is 0. The molecule has 2 N–H and O–H groups in total. The lowest BCUT2D eigenvalue weighted by molar-refractivity contribution is 0.0562. The van der Waals surface area contributed by atoms with Crippen molar-refractivity contribution in [1.82, 2.24) is 4.90 Å². The Kier molecular flexibility index (Phi) is 5.26. The van der Waals surface area contributed by atoms with Crippen molar-refractivity contribution in [1.29, 1.82) is 0 Å². The Morgan fingerprint density at radius 2 is 2.12 bits per heavy atom. The van der Waals surface area contributed by atoms with Crippen molar-refractivity contribution in [2.75, 3.05) is 20.1 Å². The van der Waals surface area contributed by atoms with Crippen LogP contribution in [0.5, 0.6) is 0 Å². The first kappa shape index (κ1) is 14.0. The van der Waals surface area contributed by atoms with E-state index in [4.69, 9.17) is 5.73 Å². The van der Waals surface area contributed by atoms with Crippen molar-refractivity contribution in [3.8, 4) is 0 Å². The van der Waals surface area contributed by atoms with Crippen molar-refractivity contribution >= 4 is 0 Å². The third-order valence-electron chi connectivity index (χ3n) is 4.39. The van der Waals surface area contributed by atoms with E-state index in [-0.39, 0.29) is 0 Å². The fourth-order valence-corrected chi connectivity index (χ4v) is 3.35. The van der Waals surface area contributed by atoms with Gasteiger partial charge in [-0.1, -0.05) is 33.6 Å². The summed E-state index contributed by atoms with van der Waals surface area (Å²) in [6.07, 6.45) is 6.75. The highest BCUT2D eigenvalue weighted by atomic mass is 15.2. The number of nitrogens with two attached hydrogens (primary N) is 1. The molecule has 0 spiro atoms. The molecule has 1 aliphatic carbocycles. The first-order valence-corrected chi connectivity index (χ1v) is 6.95. The van der Waals surface area contributed by atoms with Crippen LogP contribution in [0.1, 0.15) is 52.9 Å². The molecule has 2 heteroatoms. The second kappa shape index (κ2) is 6.02. The van der Waals surface area contributed by atoms with Crippen LogP contribution < -0.4 is 5.73 Å². The molecular formula is C14H30N2. The minimum absolute atomic E-state index is 0.298. The van der Waals surface area contributed by atoms with E-state index >= 15 is 0 Å². The normalized spacial score (nSPS) is 31.3. The van der Waals surface area contributed by atoms with E-state index in [2.05, 4.69) is 32.7 Å². The van der Waals surface area contributed by atoms with Crippen LogP contribution in [0, 0.1) is 11.8 Å². The van der Waals surface area contributed by atoms with E-state index in [9.17, 15) is 0 Å². The highest BCUT2D eigenvalue weighted by molar-refractivity contribution is 4.95. The Morgan fingerprint density at radius 3 is 2.62 bits per heavy atom. The average molecular weight is 226 g/mol. The molecule has 1 saturated carbocycles. The standard InChI is InChI=1S/C14H30N2/c1-5-16(4)14(11-15)8-6-7-13(10-14)9-12(2)3/h12-13H,5-11,15H2,1-4H3. The molecule has 96 valence electrons. The van der Waals surface area contributed by atoms with E-state index in [0.717, 1.165) is 24.9 Å². The zero-order chi connectivity index (χ0) is 12.2. The minimum Gasteiger partial charge on any atom is -0.329 e. The molecule has 0 bridgehead atoms. The van der Waals surface area contributed by atoms with Crippen molar-refractivity contribution in [3.05, 3.63) is 0 Å². The Bertz CT molecular complexity index is 203. The van der Waals surface area contributed by atoms with E-state index in [1.54, 1.807) is 0 Å². The highest BCUT2D eigenvalue weighted by Crippen LogP contribution is 2.38. The maximum Gasteiger partial charge on any atom is 0.0331 e. The summed E-state index contributed by atoms with van der Waals surface area (Å²) in [6, 6.07) is 0. The SMILES string of the molecule is CCN(C)C1(CN)CCCC(CC(C)C)C1. The van der Waals surface area contributed by atoms with Gasteiger partial charge in [-0.05, 0) is 44.7 Å². The van der Waals surface area contributed by atoms with E-state index in [1.165, 1.54) is 32.1 Å². The zero-order valence-corrected chi connectivity index (χ0v) is 11.6. The molecule has 0 radical (unpaired) electrons. The molecule has 1 rings (SSSR count). The Morgan fingerprint density at radius 1 is 1.44 bits per heavy atom. The van der Waals surface area contributed by atoms with Gasteiger partial charge in [0, 0.05) is 12.1 Å². The van der Waals surface area contributed by atoms with Gasteiger partial charge in [0.05, 0.1) is 0 Å². The molecule has 0 amide bonds. The Balaban J connectivity index is 2.64. The van der Waals surface area contributed by atoms with Gasteiger partial charge in [0.25, 0.3) is 0 Å². The van der Waals surface area contributed by atoms with Crippen molar-refractivity contribution < 1.29 is 0 Å². The smallest absolute Gasteiger partial charge is 0.0331 e. The van der Waals surface area contributed by atoms with Gasteiger partial charge in [-0.2, -0.15) is 0 Å². The topological polar surface area (TPSA) is 29.3 Å². The molecule has 2 atom stereocenters. The van der Waals surface area contributed by atoms with Crippen LogP contribution >= 0.6 is 0 Å². The second-order valence-electron chi connectivity index (χ2n) is 6.03. The van der Waals surface area contributed by atoms with Crippen molar-refractivity contribution in [3.63, 3.8) is 0 Å². The van der Waals surface area contributed by atoms with E-state index in [0.29, 0.717) is 5.54 Å². The third kappa shape index (κ3) is 3.21. The molecule has 1 fully saturated rings. The molecule has 0 aromatic rings. The second-order valence-corrected chi connectivity index (χ2v) is 6.03. The average Bonchev–Trinajstić information content (AvgIpc) is 2.27. The molecule has 0 aromatic heterocycles. The molecule has 2 unspecified atom stereocenters. The van der Waals surface area contributed by atoms with E-state index in [1.807, 2.05) is 0 Å². The summed E-state index contributed by atoms with van der Waals surface area (Å²) in [5.41, 5.74) is 6.36. The molecule has 0 aliphatic heterocycles. The largest absolute Gasteiger partial charge is 0.329 e. The molecule has 0 aromatic carbocycles. The predicted octanol–water partition coefficient (Wildman–Crippen LogP) is 2.87. The van der Waals surface area contributed by atoms with Crippen LogP contribution in [-0.2, 0) is 0 Å². The number of nitrogens with zero attached hydrogens (tertiary/aromatic N) is 1. The third-order valence-corrected chi connectivity index (χ3v) is 4.39. The number of likely N-dealkylation sites (N-methyl/N-ethyl adjacent to an activating group) is 1. The Hall–Kier alpha value is -0.0800. The molecule has 16 heavy (non-hydrogen) atoms. The molecule has 2 nitrogen and oxygen atoms in total. The first-order valence-electron chi connectivity index (χ1n) is 6.95. The minimum atomic E-state index is 0.298. The summed E-state index contributed by atoms with van der Waals surface area (Å²) >= 11 is 0. The van der Waals surface area contributed by atoms with Crippen LogP contribution in [0.2, 0.25) is 0 Å². The maximum absolute atomic E-state index is 6.07. The van der Waals surface area contributed by atoms with Crippen LogP contribution in [0.15, 0.2) is 0 Å². The van der Waals surface area contributed by atoms with Crippen LogP contribution in [-0.4, -0.2) is 30.6 Å². The lowest BCUT2D eigenvalue weighted by Gasteiger charge is -2.46. The van der Waals surface area contributed by atoms with Gasteiger partial charge in [-0.15, -0.1) is 0 Å². The van der Waals surface area contributed by atoms with Crippen molar-refractivity contribution in [2.24, 2.45) is 17.6 Å².